The van der Waals surface area contributed by atoms with Gasteiger partial charge in [0.15, 0.2) is 0 Å². The van der Waals surface area contributed by atoms with E-state index in [1.54, 1.807) is 6.07 Å². The average Bonchev–Trinajstić information content (AvgIpc) is 2.96. The van der Waals surface area contributed by atoms with Gasteiger partial charge in [0.1, 0.15) is 5.82 Å². The SMILES string of the molecule is CCCCCCCCCCCc1nc2cc(S(=O)(=O)O)ccc2n1CC. The maximum Gasteiger partial charge on any atom is 0.294 e. The summed E-state index contributed by atoms with van der Waals surface area (Å²) in [6, 6.07) is 4.62. The van der Waals surface area contributed by atoms with E-state index in [1.807, 2.05) is 0 Å². The quantitative estimate of drug-likeness (QED) is 0.396. The zero-order valence-corrected chi connectivity index (χ0v) is 16.9. The third kappa shape index (κ3) is 5.81. The number of benzene rings is 1. The molecule has 0 radical (unpaired) electrons. The van der Waals surface area contributed by atoms with Gasteiger partial charge in [-0.2, -0.15) is 8.42 Å². The van der Waals surface area contributed by atoms with Crippen molar-refractivity contribution >= 4 is 21.2 Å². The van der Waals surface area contributed by atoms with Crippen molar-refractivity contribution in [1.29, 1.82) is 0 Å². The highest BCUT2D eigenvalue weighted by molar-refractivity contribution is 7.85. The Hall–Kier alpha value is -1.40. The lowest BCUT2D eigenvalue weighted by molar-refractivity contribution is 0.483. The minimum Gasteiger partial charge on any atom is -0.328 e. The summed E-state index contributed by atoms with van der Waals surface area (Å²) in [6.45, 7) is 5.11. The first-order valence-electron chi connectivity index (χ1n) is 9.94. The molecule has 0 atom stereocenters. The summed E-state index contributed by atoms with van der Waals surface area (Å²) in [7, 11) is -4.19. The second kappa shape index (κ2) is 10.1. The topological polar surface area (TPSA) is 72.2 Å². The van der Waals surface area contributed by atoms with Gasteiger partial charge in [0.05, 0.1) is 15.9 Å². The highest BCUT2D eigenvalue weighted by Gasteiger charge is 2.14. The number of rotatable bonds is 12. The van der Waals surface area contributed by atoms with Gasteiger partial charge in [0.2, 0.25) is 0 Å². The Balaban J connectivity index is 1.89. The second-order valence-corrected chi connectivity index (χ2v) is 8.40. The zero-order valence-electron chi connectivity index (χ0n) is 16.1. The maximum absolute atomic E-state index is 11.3. The number of hydrogen-bond donors (Lipinski definition) is 1. The van der Waals surface area contributed by atoms with Gasteiger partial charge in [-0.15, -0.1) is 0 Å². The highest BCUT2D eigenvalue weighted by Crippen LogP contribution is 2.22. The molecule has 1 aromatic carbocycles. The molecule has 146 valence electrons. The molecule has 0 spiro atoms. The van der Waals surface area contributed by atoms with Crippen LogP contribution in [0.4, 0.5) is 0 Å². The molecule has 0 bridgehead atoms. The van der Waals surface area contributed by atoms with E-state index in [2.05, 4.69) is 23.4 Å². The molecule has 2 rings (SSSR count). The third-order valence-electron chi connectivity index (χ3n) is 4.92. The zero-order chi connectivity index (χ0) is 19.0. The molecule has 0 saturated carbocycles. The Morgan fingerprint density at radius 3 is 2.15 bits per heavy atom. The van der Waals surface area contributed by atoms with Crippen LogP contribution >= 0.6 is 0 Å². The van der Waals surface area contributed by atoms with Gasteiger partial charge in [-0.05, 0) is 31.5 Å². The van der Waals surface area contributed by atoms with Gasteiger partial charge in [0.25, 0.3) is 10.1 Å². The fourth-order valence-corrected chi connectivity index (χ4v) is 3.96. The molecular formula is C20H32N2O3S. The van der Waals surface area contributed by atoms with Crippen molar-refractivity contribution in [2.45, 2.75) is 89.5 Å². The van der Waals surface area contributed by atoms with Crippen molar-refractivity contribution in [3.8, 4) is 0 Å². The summed E-state index contributed by atoms with van der Waals surface area (Å²) in [6.07, 6.45) is 12.5. The fourth-order valence-electron chi connectivity index (χ4n) is 3.46. The van der Waals surface area contributed by atoms with Crippen LogP contribution in [0, 0.1) is 0 Å². The molecule has 0 amide bonds. The van der Waals surface area contributed by atoms with Gasteiger partial charge in [-0.25, -0.2) is 4.98 Å². The van der Waals surface area contributed by atoms with Crippen LogP contribution in [-0.2, 0) is 23.1 Å². The summed E-state index contributed by atoms with van der Waals surface area (Å²) in [5, 5.41) is 0. The third-order valence-corrected chi connectivity index (χ3v) is 5.77. The van der Waals surface area contributed by atoms with Gasteiger partial charge >= 0.3 is 0 Å². The van der Waals surface area contributed by atoms with Crippen molar-refractivity contribution in [3.05, 3.63) is 24.0 Å². The monoisotopic (exact) mass is 380 g/mol. The Morgan fingerprint density at radius 1 is 0.962 bits per heavy atom. The van der Waals surface area contributed by atoms with E-state index in [1.165, 1.54) is 63.5 Å². The van der Waals surface area contributed by atoms with E-state index in [4.69, 9.17) is 0 Å². The molecule has 1 heterocycles. The van der Waals surface area contributed by atoms with E-state index >= 15 is 0 Å². The minimum absolute atomic E-state index is 0.0969. The number of aryl methyl sites for hydroxylation is 2. The molecule has 0 aliphatic rings. The van der Waals surface area contributed by atoms with Crippen LogP contribution in [0.15, 0.2) is 23.1 Å². The minimum atomic E-state index is -4.19. The van der Waals surface area contributed by atoms with Crippen LogP contribution in [0.3, 0.4) is 0 Å². The largest absolute Gasteiger partial charge is 0.328 e. The standard InChI is InChI=1S/C20H32N2O3S/c1-3-5-6-7-8-9-10-11-12-13-20-21-18-16-17(26(23,24)25)14-15-19(18)22(20)4-2/h14-16H,3-13H2,1-2H3,(H,23,24,25). The van der Waals surface area contributed by atoms with Crippen LogP contribution in [0.5, 0.6) is 0 Å². The molecule has 6 heteroatoms. The first-order chi connectivity index (χ1) is 12.5. The number of unbranched alkanes of at least 4 members (excludes halogenated alkanes) is 8. The number of nitrogens with zero attached hydrogens (tertiary/aromatic N) is 2. The summed E-state index contributed by atoms with van der Waals surface area (Å²) >= 11 is 0. The van der Waals surface area contributed by atoms with Crippen molar-refractivity contribution in [3.63, 3.8) is 0 Å². The molecule has 0 aliphatic heterocycles. The lowest BCUT2D eigenvalue weighted by Crippen LogP contribution is -2.02. The molecular weight excluding hydrogens is 348 g/mol. The maximum atomic E-state index is 11.3. The van der Waals surface area contributed by atoms with E-state index in [-0.39, 0.29) is 4.90 Å². The Labute approximate surface area is 157 Å². The molecule has 26 heavy (non-hydrogen) atoms. The van der Waals surface area contributed by atoms with E-state index in [0.29, 0.717) is 5.52 Å². The van der Waals surface area contributed by atoms with Crippen molar-refractivity contribution < 1.29 is 13.0 Å². The average molecular weight is 381 g/mol. The number of imidazole rings is 1. The van der Waals surface area contributed by atoms with E-state index in [9.17, 15) is 13.0 Å². The van der Waals surface area contributed by atoms with Gasteiger partial charge in [0, 0.05) is 13.0 Å². The molecule has 1 N–H and O–H groups in total. The molecule has 0 saturated heterocycles. The molecule has 2 aromatic rings. The number of fused-ring (bicyclic) bond motifs is 1. The Kier molecular flexibility index (Phi) is 8.10. The smallest absolute Gasteiger partial charge is 0.294 e. The van der Waals surface area contributed by atoms with Crippen LogP contribution in [-0.4, -0.2) is 22.5 Å². The molecule has 0 unspecified atom stereocenters. The lowest BCUT2D eigenvalue weighted by Gasteiger charge is -2.06. The van der Waals surface area contributed by atoms with Crippen molar-refractivity contribution in [2.75, 3.05) is 0 Å². The van der Waals surface area contributed by atoms with Gasteiger partial charge in [-0.3, -0.25) is 4.55 Å². The number of hydrogen-bond acceptors (Lipinski definition) is 3. The van der Waals surface area contributed by atoms with Gasteiger partial charge in [-0.1, -0.05) is 58.3 Å². The second-order valence-electron chi connectivity index (χ2n) is 6.98. The summed E-state index contributed by atoms with van der Waals surface area (Å²) in [4.78, 5) is 4.52. The molecule has 1 aromatic heterocycles. The predicted octanol–water partition coefficient (Wildman–Crippen LogP) is 5.38. The predicted molar refractivity (Wildman–Crippen MR) is 106 cm³/mol. The van der Waals surface area contributed by atoms with Crippen molar-refractivity contribution in [1.82, 2.24) is 9.55 Å². The summed E-state index contributed by atoms with van der Waals surface area (Å²) < 4.78 is 34.0. The molecule has 0 fully saturated rings. The molecule has 5 nitrogen and oxygen atoms in total. The van der Waals surface area contributed by atoms with E-state index in [0.717, 1.165) is 30.7 Å². The van der Waals surface area contributed by atoms with E-state index < -0.39 is 10.1 Å². The van der Waals surface area contributed by atoms with Crippen LogP contribution in [0.1, 0.15) is 77.5 Å². The fraction of sp³-hybridized carbons (Fsp3) is 0.650. The Bertz CT molecular complexity index is 797. The van der Waals surface area contributed by atoms with Crippen LogP contribution in [0.25, 0.3) is 11.0 Å². The van der Waals surface area contributed by atoms with Crippen LogP contribution < -0.4 is 0 Å². The Morgan fingerprint density at radius 2 is 1.58 bits per heavy atom. The summed E-state index contributed by atoms with van der Waals surface area (Å²) in [5.74, 6) is 0.998. The highest BCUT2D eigenvalue weighted by atomic mass is 32.2. The van der Waals surface area contributed by atoms with Crippen molar-refractivity contribution in [2.24, 2.45) is 0 Å². The lowest BCUT2D eigenvalue weighted by atomic mass is 10.1. The summed E-state index contributed by atoms with van der Waals surface area (Å²) in [5.41, 5.74) is 1.55. The van der Waals surface area contributed by atoms with Gasteiger partial charge < -0.3 is 4.57 Å². The first-order valence-corrected chi connectivity index (χ1v) is 11.4. The molecule has 0 aliphatic carbocycles. The number of aromatic nitrogens is 2. The normalized spacial score (nSPS) is 12.1. The first kappa shape index (κ1) is 20.9. The van der Waals surface area contributed by atoms with Crippen LogP contribution in [0.2, 0.25) is 0 Å².